The van der Waals surface area contributed by atoms with Gasteiger partial charge in [-0.05, 0) is 49.3 Å². The van der Waals surface area contributed by atoms with Gasteiger partial charge in [0.25, 0.3) is 5.91 Å². The zero-order chi connectivity index (χ0) is 19.2. The summed E-state index contributed by atoms with van der Waals surface area (Å²) < 4.78 is 11.2. The smallest absolute Gasteiger partial charge is 0.260 e. The van der Waals surface area contributed by atoms with Crippen molar-refractivity contribution in [3.05, 3.63) is 29.8 Å². The highest BCUT2D eigenvalue weighted by molar-refractivity contribution is 5.77. The summed E-state index contributed by atoms with van der Waals surface area (Å²) in [4.78, 5) is 17.0. The summed E-state index contributed by atoms with van der Waals surface area (Å²) in [5.41, 5.74) is 1.28. The molecular weight excluding hydrogens is 340 g/mol. The molecule has 1 aromatic carbocycles. The van der Waals surface area contributed by atoms with Crippen LogP contribution in [0, 0.1) is 0 Å². The van der Waals surface area contributed by atoms with Crippen molar-refractivity contribution in [1.29, 1.82) is 0 Å². The lowest BCUT2D eigenvalue weighted by atomic mass is 9.99. The van der Waals surface area contributed by atoms with Gasteiger partial charge in [0.1, 0.15) is 5.75 Å². The standard InChI is InChI=1S/C22H34N2O3/c1-17(2)18-4-6-21(7-5-18)27-16-22(25)24-12-8-19(9-13-24)23-14-10-20(26-3)11-15-23/h4-7,17,19-20H,8-16H2,1-3H3. The van der Waals surface area contributed by atoms with Crippen molar-refractivity contribution < 1.29 is 14.3 Å². The molecule has 2 fully saturated rings. The van der Waals surface area contributed by atoms with Gasteiger partial charge in [0.05, 0.1) is 6.10 Å². The second-order valence-electron chi connectivity index (χ2n) is 8.10. The van der Waals surface area contributed by atoms with E-state index in [-0.39, 0.29) is 12.5 Å². The number of hydrogen-bond donors (Lipinski definition) is 0. The van der Waals surface area contributed by atoms with Gasteiger partial charge in [-0.2, -0.15) is 0 Å². The molecule has 5 heteroatoms. The Balaban J connectivity index is 1.39. The molecule has 0 unspecified atom stereocenters. The number of ether oxygens (including phenoxy) is 2. The number of rotatable bonds is 6. The van der Waals surface area contributed by atoms with E-state index in [0.717, 1.165) is 57.6 Å². The molecule has 3 rings (SSSR count). The lowest BCUT2D eigenvalue weighted by Gasteiger charge is -2.41. The third-order valence-electron chi connectivity index (χ3n) is 6.05. The van der Waals surface area contributed by atoms with Gasteiger partial charge in [0, 0.05) is 39.3 Å². The number of amides is 1. The van der Waals surface area contributed by atoms with Crippen LogP contribution in [0.15, 0.2) is 24.3 Å². The maximum atomic E-state index is 12.5. The maximum absolute atomic E-state index is 12.5. The number of benzene rings is 1. The third-order valence-corrected chi connectivity index (χ3v) is 6.05. The van der Waals surface area contributed by atoms with Crippen LogP contribution in [0.2, 0.25) is 0 Å². The monoisotopic (exact) mass is 374 g/mol. The Morgan fingerprint density at radius 3 is 2.22 bits per heavy atom. The van der Waals surface area contributed by atoms with Crippen LogP contribution in [0.25, 0.3) is 0 Å². The molecule has 2 saturated heterocycles. The van der Waals surface area contributed by atoms with Crippen LogP contribution in [-0.2, 0) is 9.53 Å². The summed E-state index contributed by atoms with van der Waals surface area (Å²) in [6, 6.07) is 8.67. The molecule has 150 valence electrons. The number of methoxy groups -OCH3 is 1. The van der Waals surface area contributed by atoms with E-state index in [0.29, 0.717) is 18.1 Å². The van der Waals surface area contributed by atoms with E-state index in [1.165, 1.54) is 5.56 Å². The zero-order valence-electron chi connectivity index (χ0n) is 17.0. The van der Waals surface area contributed by atoms with Gasteiger partial charge >= 0.3 is 0 Å². The van der Waals surface area contributed by atoms with Crippen molar-refractivity contribution in [2.45, 2.75) is 57.6 Å². The molecule has 2 heterocycles. The lowest BCUT2D eigenvalue weighted by Crippen LogP contribution is -2.50. The molecule has 2 aliphatic rings. The fourth-order valence-electron chi connectivity index (χ4n) is 4.14. The molecule has 1 aromatic rings. The van der Waals surface area contributed by atoms with Crippen molar-refractivity contribution in [1.82, 2.24) is 9.80 Å². The normalized spacial score (nSPS) is 20.2. The molecule has 0 N–H and O–H groups in total. The molecule has 0 aromatic heterocycles. The van der Waals surface area contributed by atoms with E-state index in [2.05, 4.69) is 30.9 Å². The van der Waals surface area contributed by atoms with E-state index in [1.54, 1.807) is 0 Å². The maximum Gasteiger partial charge on any atom is 0.260 e. The van der Waals surface area contributed by atoms with Crippen molar-refractivity contribution in [2.75, 3.05) is 39.9 Å². The minimum absolute atomic E-state index is 0.0967. The number of hydrogen-bond acceptors (Lipinski definition) is 4. The largest absolute Gasteiger partial charge is 0.484 e. The number of likely N-dealkylation sites (tertiary alicyclic amines) is 2. The first-order valence-electron chi connectivity index (χ1n) is 10.3. The Labute approximate surface area is 163 Å². The van der Waals surface area contributed by atoms with Gasteiger partial charge in [0.2, 0.25) is 0 Å². The lowest BCUT2D eigenvalue weighted by molar-refractivity contribution is -0.135. The van der Waals surface area contributed by atoms with Crippen LogP contribution in [-0.4, -0.2) is 67.7 Å². The van der Waals surface area contributed by atoms with Gasteiger partial charge in [0.15, 0.2) is 6.61 Å². The Kier molecular flexibility index (Phi) is 7.13. The first kappa shape index (κ1) is 20.2. The van der Waals surface area contributed by atoms with Crippen LogP contribution < -0.4 is 4.74 Å². The molecule has 2 aliphatic heterocycles. The Morgan fingerprint density at radius 2 is 1.67 bits per heavy atom. The predicted octanol–water partition coefficient (Wildman–Crippen LogP) is 3.29. The summed E-state index contributed by atoms with van der Waals surface area (Å²) in [6.07, 6.45) is 4.80. The topological polar surface area (TPSA) is 42.0 Å². The minimum Gasteiger partial charge on any atom is -0.484 e. The van der Waals surface area contributed by atoms with Crippen LogP contribution >= 0.6 is 0 Å². The molecule has 5 nitrogen and oxygen atoms in total. The highest BCUT2D eigenvalue weighted by atomic mass is 16.5. The second kappa shape index (κ2) is 9.56. The van der Waals surface area contributed by atoms with Crippen molar-refractivity contribution in [3.63, 3.8) is 0 Å². The van der Waals surface area contributed by atoms with Gasteiger partial charge in [-0.25, -0.2) is 0 Å². The van der Waals surface area contributed by atoms with Crippen LogP contribution in [0.3, 0.4) is 0 Å². The molecule has 0 atom stereocenters. The summed E-state index contributed by atoms with van der Waals surface area (Å²) in [5.74, 6) is 1.37. The van der Waals surface area contributed by atoms with E-state index in [9.17, 15) is 4.79 Å². The molecule has 0 radical (unpaired) electrons. The number of piperidine rings is 2. The van der Waals surface area contributed by atoms with E-state index < -0.39 is 0 Å². The molecule has 1 amide bonds. The van der Waals surface area contributed by atoms with Crippen LogP contribution in [0.1, 0.15) is 51.0 Å². The zero-order valence-corrected chi connectivity index (χ0v) is 17.0. The molecule has 0 spiro atoms. The number of carbonyl (C=O) groups excluding carboxylic acids is 1. The number of nitrogens with zero attached hydrogens (tertiary/aromatic N) is 2. The summed E-state index contributed by atoms with van der Waals surface area (Å²) >= 11 is 0. The third kappa shape index (κ3) is 5.45. The highest BCUT2D eigenvalue weighted by Gasteiger charge is 2.29. The average Bonchev–Trinajstić information content (AvgIpc) is 2.72. The summed E-state index contributed by atoms with van der Waals surface area (Å²) in [5, 5.41) is 0. The summed E-state index contributed by atoms with van der Waals surface area (Å²) in [7, 11) is 1.81. The first-order chi connectivity index (χ1) is 13.1. The molecular formula is C22H34N2O3. The quantitative estimate of drug-likeness (QED) is 0.766. The first-order valence-corrected chi connectivity index (χ1v) is 10.3. The van der Waals surface area contributed by atoms with Crippen LogP contribution in [0.5, 0.6) is 5.75 Å². The SMILES string of the molecule is COC1CCN(C2CCN(C(=O)COc3ccc(C(C)C)cc3)CC2)CC1. The molecule has 0 bridgehead atoms. The van der Waals surface area contributed by atoms with Gasteiger partial charge in [-0.15, -0.1) is 0 Å². The van der Waals surface area contributed by atoms with E-state index in [1.807, 2.05) is 24.1 Å². The fraction of sp³-hybridized carbons (Fsp3) is 0.682. The van der Waals surface area contributed by atoms with Crippen LogP contribution in [0.4, 0.5) is 0 Å². The van der Waals surface area contributed by atoms with E-state index >= 15 is 0 Å². The van der Waals surface area contributed by atoms with Crippen molar-refractivity contribution >= 4 is 5.91 Å². The van der Waals surface area contributed by atoms with Gasteiger partial charge < -0.3 is 19.3 Å². The Bertz CT molecular complexity index is 586. The minimum atomic E-state index is 0.0967. The molecule has 0 aliphatic carbocycles. The highest BCUT2D eigenvalue weighted by Crippen LogP contribution is 2.23. The van der Waals surface area contributed by atoms with E-state index in [4.69, 9.17) is 9.47 Å². The Hall–Kier alpha value is -1.59. The summed E-state index contributed by atoms with van der Waals surface area (Å²) in [6.45, 7) is 8.38. The van der Waals surface area contributed by atoms with Gasteiger partial charge in [-0.3, -0.25) is 4.79 Å². The second-order valence-corrected chi connectivity index (χ2v) is 8.10. The van der Waals surface area contributed by atoms with Crippen molar-refractivity contribution in [2.24, 2.45) is 0 Å². The predicted molar refractivity (Wildman–Crippen MR) is 107 cm³/mol. The average molecular weight is 375 g/mol. The Morgan fingerprint density at radius 1 is 1.04 bits per heavy atom. The fourth-order valence-corrected chi connectivity index (χ4v) is 4.14. The van der Waals surface area contributed by atoms with Crippen molar-refractivity contribution in [3.8, 4) is 5.75 Å². The van der Waals surface area contributed by atoms with Gasteiger partial charge in [-0.1, -0.05) is 26.0 Å². The molecule has 0 saturated carbocycles. The number of carbonyl (C=O) groups is 1. The molecule has 27 heavy (non-hydrogen) atoms.